The number of likely N-dealkylation sites (tertiary alicyclic amines) is 1. The summed E-state index contributed by atoms with van der Waals surface area (Å²) in [5.41, 5.74) is 5.98. The average molecular weight is 449 g/mol. The predicted molar refractivity (Wildman–Crippen MR) is 127 cm³/mol. The van der Waals surface area contributed by atoms with Crippen LogP contribution >= 0.6 is 0 Å². The second kappa shape index (κ2) is 9.29. The maximum Gasteiger partial charge on any atom is 0.259 e. The quantitative estimate of drug-likeness (QED) is 0.588. The number of amides is 1. The topological polar surface area (TPSA) is 97.0 Å². The number of aromatic nitrogens is 4. The molecule has 33 heavy (non-hydrogen) atoms. The molecule has 1 N–H and O–H groups in total. The van der Waals surface area contributed by atoms with Crippen molar-refractivity contribution in [3.8, 4) is 0 Å². The number of hydrogen-bond donors (Lipinski definition) is 1. The number of pyridine rings is 1. The third kappa shape index (κ3) is 5.05. The number of piperidine rings is 1. The summed E-state index contributed by atoms with van der Waals surface area (Å²) in [6.45, 7) is 13.1. The van der Waals surface area contributed by atoms with Gasteiger partial charge in [0.15, 0.2) is 0 Å². The number of anilines is 2. The molecule has 3 aromatic heterocycles. The minimum Gasteiger partial charge on any atom is -0.361 e. The van der Waals surface area contributed by atoms with Gasteiger partial charge in [-0.1, -0.05) is 19.0 Å². The van der Waals surface area contributed by atoms with Crippen molar-refractivity contribution in [3.63, 3.8) is 0 Å². The second-order valence-electron chi connectivity index (χ2n) is 9.27. The zero-order chi connectivity index (χ0) is 23.7. The lowest BCUT2D eigenvalue weighted by Gasteiger charge is -2.33. The summed E-state index contributed by atoms with van der Waals surface area (Å²) in [6, 6.07) is 5.99. The van der Waals surface area contributed by atoms with E-state index in [0.29, 0.717) is 23.8 Å². The number of carbonyl (C=O) groups excluding carboxylic acids is 1. The van der Waals surface area contributed by atoms with Crippen LogP contribution in [0.4, 0.5) is 11.6 Å². The number of carbonyl (C=O) groups is 1. The molecule has 8 nitrogen and oxygen atoms in total. The Balaban J connectivity index is 1.56. The molecule has 0 saturated carbocycles. The first-order chi connectivity index (χ1) is 15.7. The fourth-order valence-electron chi connectivity index (χ4n) is 4.49. The molecule has 4 heterocycles. The highest BCUT2D eigenvalue weighted by Gasteiger charge is 2.31. The molecule has 174 valence electrons. The zero-order valence-corrected chi connectivity index (χ0v) is 20.3. The first-order valence-electron chi connectivity index (χ1n) is 11.5. The SMILES string of the molecule is Cc1cc(Nc2nc(C)cc(C)n2)cc(C2CCCN(C(=O)c3c(C(C)C)noc3C)C2)n1. The van der Waals surface area contributed by atoms with Gasteiger partial charge in [0, 0.05) is 47.5 Å². The number of nitrogens with zero attached hydrogens (tertiary/aromatic N) is 5. The molecule has 1 saturated heterocycles. The number of hydrogen-bond acceptors (Lipinski definition) is 7. The highest BCUT2D eigenvalue weighted by atomic mass is 16.5. The molecule has 0 aromatic carbocycles. The Morgan fingerprint density at radius 1 is 1.06 bits per heavy atom. The summed E-state index contributed by atoms with van der Waals surface area (Å²) in [4.78, 5) is 29.1. The Bertz CT molecular complexity index is 1150. The summed E-state index contributed by atoms with van der Waals surface area (Å²) in [6.07, 6.45) is 1.91. The molecule has 0 aliphatic carbocycles. The Morgan fingerprint density at radius 3 is 2.45 bits per heavy atom. The Labute approximate surface area is 194 Å². The zero-order valence-electron chi connectivity index (χ0n) is 20.3. The molecule has 8 heteroatoms. The third-order valence-corrected chi connectivity index (χ3v) is 5.99. The van der Waals surface area contributed by atoms with E-state index in [1.54, 1.807) is 0 Å². The van der Waals surface area contributed by atoms with Crippen LogP contribution < -0.4 is 5.32 Å². The molecule has 0 bridgehead atoms. The molecular weight excluding hydrogens is 416 g/mol. The van der Waals surface area contributed by atoms with E-state index in [9.17, 15) is 4.79 Å². The summed E-state index contributed by atoms with van der Waals surface area (Å²) >= 11 is 0. The molecule has 1 atom stereocenters. The molecule has 1 aliphatic rings. The van der Waals surface area contributed by atoms with Crippen LogP contribution in [0.1, 0.15) is 83.1 Å². The van der Waals surface area contributed by atoms with Crippen molar-refractivity contribution >= 4 is 17.5 Å². The molecular formula is C25H32N6O2. The van der Waals surface area contributed by atoms with Crippen molar-refractivity contribution < 1.29 is 9.32 Å². The lowest BCUT2D eigenvalue weighted by molar-refractivity contribution is 0.0703. The summed E-state index contributed by atoms with van der Waals surface area (Å²) in [5.74, 6) is 1.44. The second-order valence-corrected chi connectivity index (χ2v) is 9.27. The van der Waals surface area contributed by atoms with Gasteiger partial charge >= 0.3 is 0 Å². The molecule has 1 fully saturated rings. The molecule has 0 radical (unpaired) electrons. The van der Waals surface area contributed by atoms with E-state index in [2.05, 4.69) is 26.5 Å². The van der Waals surface area contributed by atoms with E-state index in [4.69, 9.17) is 9.51 Å². The summed E-state index contributed by atoms with van der Waals surface area (Å²) in [5, 5.41) is 7.45. The lowest BCUT2D eigenvalue weighted by atomic mass is 9.92. The Kier molecular flexibility index (Phi) is 6.44. The van der Waals surface area contributed by atoms with E-state index >= 15 is 0 Å². The van der Waals surface area contributed by atoms with Gasteiger partial charge in [0.2, 0.25) is 5.95 Å². The number of rotatable bonds is 5. The van der Waals surface area contributed by atoms with Gasteiger partial charge in [-0.2, -0.15) is 0 Å². The Hall–Kier alpha value is -3.29. The largest absolute Gasteiger partial charge is 0.361 e. The molecule has 1 amide bonds. The van der Waals surface area contributed by atoms with Gasteiger partial charge in [-0.3, -0.25) is 9.78 Å². The first-order valence-corrected chi connectivity index (χ1v) is 11.5. The van der Waals surface area contributed by atoms with Gasteiger partial charge in [-0.05, 0) is 64.7 Å². The maximum absolute atomic E-state index is 13.4. The fourth-order valence-corrected chi connectivity index (χ4v) is 4.49. The third-order valence-electron chi connectivity index (χ3n) is 5.99. The average Bonchev–Trinajstić information content (AvgIpc) is 3.14. The lowest BCUT2D eigenvalue weighted by Crippen LogP contribution is -2.39. The molecule has 1 unspecified atom stereocenters. The highest BCUT2D eigenvalue weighted by molar-refractivity contribution is 5.96. The van der Waals surface area contributed by atoms with Crippen LogP contribution in [0.25, 0.3) is 0 Å². The van der Waals surface area contributed by atoms with Crippen molar-refractivity contribution in [1.82, 2.24) is 25.0 Å². The van der Waals surface area contributed by atoms with E-state index in [1.165, 1.54) is 0 Å². The minimum absolute atomic E-state index is 0.00297. The monoisotopic (exact) mass is 448 g/mol. The van der Waals surface area contributed by atoms with E-state index in [1.807, 2.05) is 58.6 Å². The normalized spacial score (nSPS) is 16.3. The summed E-state index contributed by atoms with van der Waals surface area (Å²) in [7, 11) is 0. The van der Waals surface area contributed by atoms with E-state index in [-0.39, 0.29) is 17.7 Å². The fraction of sp³-hybridized carbons (Fsp3) is 0.480. The van der Waals surface area contributed by atoms with Gasteiger partial charge in [-0.25, -0.2) is 9.97 Å². The first kappa shape index (κ1) is 22.9. The molecule has 0 spiro atoms. The summed E-state index contributed by atoms with van der Waals surface area (Å²) < 4.78 is 5.36. The van der Waals surface area contributed by atoms with Crippen molar-refractivity contribution in [2.45, 2.75) is 66.2 Å². The van der Waals surface area contributed by atoms with Crippen LogP contribution in [-0.4, -0.2) is 44.0 Å². The van der Waals surface area contributed by atoms with Crippen molar-refractivity contribution in [1.29, 1.82) is 0 Å². The van der Waals surface area contributed by atoms with Crippen LogP contribution in [0.2, 0.25) is 0 Å². The van der Waals surface area contributed by atoms with Crippen LogP contribution in [0, 0.1) is 27.7 Å². The predicted octanol–water partition coefficient (Wildman–Crippen LogP) is 4.98. The van der Waals surface area contributed by atoms with Crippen molar-refractivity contribution in [3.05, 3.63) is 58.0 Å². The van der Waals surface area contributed by atoms with Gasteiger partial charge in [0.05, 0.1) is 5.69 Å². The van der Waals surface area contributed by atoms with Crippen LogP contribution in [0.15, 0.2) is 22.7 Å². The minimum atomic E-state index is -0.00297. The van der Waals surface area contributed by atoms with Gasteiger partial charge < -0.3 is 14.7 Å². The smallest absolute Gasteiger partial charge is 0.259 e. The number of aryl methyl sites for hydroxylation is 4. The van der Waals surface area contributed by atoms with Crippen LogP contribution in [0.3, 0.4) is 0 Å². The maximum atomic E-state index is 13.4. The van der Waals surface area contributed by atoms with Crippen LogP contribution in [-0.2, 0) is 0 Å². The highest BCUT2D eigenvalue weighted by Crippen LogP contribution is 2.31. The standard InChI is InChI=1S/C25H32N6O2/c1-14(2)23-22(18(6)33-30-23)24(32)31-9-7-8-19(13-31)21-12-20(11-17(5)26-21)29-25-27-15(3)10-16(4)28-25/h10-12,14,19H,7-9,13H2,1-6H3,(H,26,27,28,29). The number of nitrogens with one attached hydrogen (secondary N) is 1. The van der Waals surface area contributed by atoms with Gasteiger partial charge in [0.1, 0.15) is 11.3 Å². The molecule has 1 aliphatic heterocycles. The van der Waals surface area contributed by atoms with E-state index < -0.39 is 0 Å². The van der Waals surface area contributed by atoms with Crippen molar-refractivity contribution in [2.75, 3.05) is 18.4 Å². The van der Waals surface area contributed by atoms with Gasteiger partial charge in [0.25, 0.3) is 5.91 Å². The van der Waals surface area contributed by atoms with Crippen molar-refractivity contribution in [2.24, 2.45) is 0 Å². The van der Waals surface area contributed by atoms with Crippen LogP contribution in [0.5, 0.6) is 0 Å². The molecule has 3 aromatic rings. The Morgan fingerprint density at radius 2 is 1.76 bits per heavy atom. The van der Waals surface area contributed by atoms with E-state index in [0.717, 1.165) is 53.5 Å². The molecule has 4 rings (SSSR count). The van der Waals surface area contributed by atoms with Gasteiger partial charge in [-0.15, -0.1) is 0 Å².